The summed E-state index contributed by atoms with van der Waals surface area (Å²) < 4.78 is 0.973. The summed E-state index contributed by atoms with van der Waals surface area (Å²) in [5.41, 5.74) is 2.01. The predicted octanol–water partition coefficient (Wildman–Crippen LogP) is 1.06. The second kappa shape index (κ2) is 7.46. The molecule has 5 rings (SSSR count). The maximum Gasteiger partial charge on any atom is 0.267 e. The minimum absolute atomic E-state index is 0.188. The van der Waals surface area contributed by atoms with E-state index < -0.39 is 0 Å². The molecule has 1 saturated heterocycles. The van der Waals surface area contributed by atoms with Crippen molar-refractivity contribution in [3.8, 4) is 0 Å². The van der Waals surface area contributed by atoms with E-state index in [1.807, 2.05) is 42.5 Å². The Balaban J connectivity index is 1.50. The first kappa shape index (κ1) is 18.1. The minimum atomic E-state index is 0.188. The van der Waals surface area contributed by atoms with Gasteiger partial charge in [-0.2, -0.15) is 4.74 Å². The number of piperazine rings is 1. The van der Waals surface area contributed by atoms with Crippen molar-refractivity contribution in [2.45, 2.75) is 0 Å². The zero-order valence-corrected chi connectivity index (χ0v) is 16.2. The smallest absolute Gasteiger partial charge is 0.267 e. The molecule has 0 bridgehead atoms. The molecule has 0 unspecified atom stereocenters. The van der Waals surface area contributed by atoms with E-state index in [2.05, 4.69) is 19.7 Å². The summed E-state index contributed by atoms with van der Waals surface area (Å²) in [6, 6.07) is 13.5. The standard InChI is InChI=1S/C21H24N6O2/c28-15-14-24-10-12-25(13-11-24)18-7-6-17-20(23-18)26-9-8-22-21(26)19(27(17)29)16-4-2-1-3-5-16/h1-7,28H,8-15H2. The maximum absolute atomic E-state index is 13.3. The summed E-state index contributed by atoms with van der Waals surface area (Å²) in [6.45, 7) is 5.79. The van der Waals surface area contributed by atoms with Gasteiger partial charge in [0.05, 0.1) is 18.7 Å². The van der Waals surface area contributed by atoms with Crippen LogP contribution in [0.4, 0.5) is 17.3 Å². The average molecular weight is 392 g/mol. The molecule has 29 heavy (non-hydrogen) atoms. The van der Waals surface area contributed by atoms with Crippen LogP contribution in [0.1, 0.15) is 5.56 Å². The lowest BCUT2D eigenvalue weighted by atomic mass is 10.1. The van der Waals surface area contributed by atoms with Crippen LogP contribution in [0, 0.1) is 5.21 Å². The van der Waals surface area contributed by atoms with Gasteiger partial charge in [-0.25, -0.2) is 4.98 Å². The molecule has 3 aliphatic rings. The molecule has 8 heteroatoms. The summed E-state index contributed by atoms with van der Waals surface area (Å²) in [5.74, 6) is 2.28. The van der Waals surface area contributed by atoms with Gasteiger partial charge in [0.2, 0.25) is 11.7 Å². The molecule has 0 spiro atoms. The second-order valence-electron chi connectivity index (χ2n) is 7.43. The first-order valence-corrected chi connectivity index (χ1v) is 10.1. The Kier molecular flexibility index (Phi) is 4.65. The van der Waals surface area contributed by atoms with Crippen LogP contribution < -0.4 is 9.80 Å². The van der Waals surface area contributed by atoms with Crippen LogP contribution in [-0.4, -0.2) is 83.7 Å². The Hall–Kier alpha value is -2.97. The number of amidine groups is 1. The van der Waals surface area contributed by atoms with Gasteiger partial charge in [-0.3, -0.25) is 14.8 Å². The largest absolute Gasteiger partial charge is 0.618 e. The lowest BCUT2D eigenvalue weighted by molar-refractivity contribution is -0.358. The molecule has 1 N–H and O–H groups in total. The quantitative estimate of drug-likeness (QED) is 0.619. The van der Waals surface area contributed by atoms with Gasteiger partial charge in [-0.05, 0) is 18.2 Å². The number of aromatic nitrogens is 1. The van der Waals surface area contributed by atoms with Crippen LogP contribution in [0.2, 0.25) is 0 Å². The minimum Gasteiger partial charge on any atom is -0.618 e. The van der Waals surface area contributed by atoms with E-state index in [9.17, 15) is 5.21 Å². The number of pyridine rings is 1. The number of benzene rings is 1. The number of rotatable bonds is 4. The number of anilines is 2. The highest BCUT2D eigenvalue weighted by molar-refractivity contribution is 6.51. The number of aliphatic imine (C=N–C) groups is 1. The molecule has 1 aromatic heterocycles. The first-order chi connectivity index (χ1) is 14.3. The summed E-state index contributed by atoms with van der Waals surface area (Å²) in [6.07, 6.45) is 0. The van der Waals surface area contributed by atoms with Crippen molar-refractivity contribution in [3.05, 3.63) is 53.2 Å². The van der Waals surface area contributed by atoms with Crippen molar-refractivity contribution in [1.29, 1.82) is 0 Å². The molecule has 0 radical (unpaired) electrons. The number of aliphatic hydroxyl groups excluding tert-OH is 1. The number of hydrogen-bond donors (Lipinski definition) is 1. The van der Waals surface area contributed by atoms with Crippen LogP contribution in [-0.2, 0) is 0 Å². The molecule has 8 nitrogen and oxygen atoms in total. The molecule has 0 aliphatic carbocycles. The molecular formula is C21H24N6O2. The topological polar surface area (TPSA) is 81.3 Å². The van der Waals surface area contributed by atoms with Crippen molar-refractivity contribution in [3.63, 3.8) is 0 Å². The third-order valence-electron chi connectivity index (χ3n) is 5.73. The van der Waals surface area contributed by atoms with E-state index in [0.29, 0.717) is 36.1 Å². The monoisotopic (exact) mass is 392 g/mol. The highest BCUT2D eigenvalue weighted by Gasteiger charge is 2.39. The molecule has 0 amide bonds. The number of aliphatic hydroxyl groups is 1. The van der Waals surface area contributed by atoms with E-state index in [4.69, 9.17) is 10.1 Å². The van der Waals surface area contributed by atoms with Crippen LogP contribution in [0.3, 0.4) is 0 Å². The van der Waals surface area contributed by atoms with Gasteiger partial charge in [0.15, 0.2) is 0 Å². The Morgan fingerprint density at radius 1 is 1.00 bits per heavy atom. The van der Waals surface area contributed by atoms with Crippen molar-refractivity contribution in [2.75, 3.05) is 62.2 Å². The predicted molar refractivity (Wildman–Crippen MR) is 113 cm³/mol. The van der Waals surface area contributed by atoms with Crippen molar-refractivity contribution in [1.82, 2.24) is 9.88 Å². The van der Waals surface area contributed by atoms with Gasteiger partial charge >= 0.3 is 0 Å². The molecule has 4 heterocycles. The fourth-order valence-corrected chi connectivity index (χ4v) is 4.22. The molecule has 1 aromatic carbocycles. The van der Waals surface area contributed by atoms with Gasteiger partial charge in [-0.1, -0.05) is 18.2 Å². The first-order valence-electron chi connectivity index (χ1n) is 10.1. The van der Waals surface area contributed by atoms with Crippen LogP contribution >= 0.6 is 0 Å². The number of fused-ring (bicyclic) bond motifs is 3. The van der Waals surface area contributed by atoms with Gasteiger partial charge in [0.25, 0.3) is 11.4 Å². The Labute approximate surface area is 169 Å². The van der Waals surface area contributed by atoms with Gasteiger partial charge < -0.3 is 15.2 Å². The highest BCUT2D eigenvalue weighted by atomic mass is 16.5. The van der Waals surface area contributed by atoms with Crippen molar-refractivity contribution in [2.24, 2.45) is 4.99 Å². The summed E-state index contributed by atoms with van der Waals surface area (Å²) in [5, 5.41) is 22.4. The van der Waals surface area contributed by atoms with E-state index >= 15 is 0 Å². The summed E-state index contributed by atoms with van der Waals surface area (Å²) >= 11 is 0. The molecule has 2 aromatic rings. The van der Waals surface area contributed by atoms with Crippen LogP contribution in [0.25, 0.3) is 0 Å². The molecule has 1 fully saturated rings. The Bertz CT molecular complexity index is 966. The number of hydrogen-bond acceptors (Lipinski definition) is 7. The van der Waals surface area contributed by atoms with E-state index in [1.165, 1.54) is 0 Å². The third-order valence-corrected chi connectivity index (χ3v) is 5.73. The molecular weight excluding hydrogens is 368 g/mol. The van der Waals surface area contributed by atoms with Gasteiger partial charge in [0.1, 0.15) is 5.82 Å². The normalized spacial score (nSPS) is 19.3. The fraction of sp³-hybridized carbons (Fsp3) is 0.381. The Morgan fingerprint density at radius 3 is 2.55 bits per heavy atom. The lowest BCUT2D eigenvalue weighted by Gasteiger charge is -2.35. The maximum atomic E-state index is 13.3. The van der Waals surface area contributed by atoms with Crippen LogP contribution in [0.5, 0.6) is 0 Å². The number of nitrogens with zero attached hydrogens (tertiary/aromatic N) is 6. The number of β-amino-alcohol motifs (C(OH)–C–C–N with tert-alkyl or cyclic N) is 1. The lowest BCUT2D eigenvalue weighted by Crippen LogP contribution is -2.47. The third kappa shape index (κ3) is 3.14. The summed E-state index contributed by atoms with van der Waals surface area (Å²) in [7, 11) is 0. The zero-order valence-electron chi connectivity index (χ0n) is 16.2. The molecule has 150 valence electrons. The fourth-order valence-electron chi connectivity index (χ4n) is 4.22. The highest BCUT2D eigenvalue weighted by Crippen LogP contribution is 2.35. The molecule has 0 atom stereocenters. The Morgan fingerprint density at radius 2 is 1.79 bits per heavy atom. The van der Waals surface area contributed by atoms with Gasteiger partial charge in [0, 0.05) is 45.3 Å². The molecule has 0 saturated carbocycles. The molecule has 3 aliphatic heterocycles. The SMILES string of the molecule is [O-][N+]1=C(c2ccccc2)C2=NCCN2c2nc(N3CCN(CCO)CC3)ccc21. The van der Waals surface area contributed by atoms with E-state index in [0.717, 1.165) is 48.8 Å². The summed E-state index contributed by atoms with van der Waals surface area (Å²) in [4.78, 5) is 16.1. The van der Waals surface area contributed by atoms with Crippen LogP contribution in [0.15, 0.2) is 47.5 Å². The zero-order chi connectivity index (χ0) is 19.8. The average Bonchev–Trinajstić information content (AvgIpc) is 3.25. The van der Waals surface area contributed by atoms with E-state index in [1.54, 1.807) is 0 Å². The van der Waals surface area contributed by atoms with Crippen molar-refractivity contribution >= 4 is 28.9 Å². The van der Waals surface area contributed by atoms with E-state index in [-0.39, 0.29) is 6.61 Å². The van der Waals surface area contributed by atoms with Gasteiger partial charge in [-0.15, -0.1) is 0 Å². The second-order valence-corrected chi connectivity index (χ2v) is 7.43. The van der Waals surface area contributed by atoms with Crippen molar-refractivity contribution < 1.29 is 9.85 Å².